The number of nitrogens with one attached hydrogen (secondary N) is 3. The van der Waals surface area contributed by atoms with Gasteiger partial charge in [0, 0.05) is 19.1 Å². The molecule has 6 nitrogen and oxygen atoms in total. The molecule has 0 aliphatic rings. The second kappa shape index (κ2) is 5.45. The fourth-order valence-electron chi connectivity index (χ4n) is 1.06. The zero-order valence-electron chi connectivity index (χ0n) is 9.29. The second-order valence-electron chi connectivity index (χ2n) is 3.61. The number of rotatable bonds is 5. The number of carbonyl (C=O) groups excluding carboxylic acids is 1. The SMILES string of the molecule is Cc1nc(C(=O)NCCNC(C)C)n[nH]1. The average Bonchev–Trinajstić information content (AvgIpc) is 2.59. The molecule has 15 heavy (non-hydrogen) atoms. The van der Waals surface area contributed by atoms with Crippen LogP contribution >= 0.6 is 0 Å². The molecule has 0 unspecified atom stereocenters. The van der Waals surface area contributed by atoms with Crippen molar-refractivity contribution in [1.29, 1.82) is 0 Å². The first-order chi connectivity index (χ1) is 7.09. The Morgan fingerprint density at radius 1 is 1.47 bits per heavy atom. The second-order valence-corrected chi connectivity index (χ2v) is 3.61. The molecule has 1 rings (SSSR count). The Morgan fingerprint density at radius 3 is 2.73 bits per heavy atom. The quantitative estimate of drug-likeness (QED) is 0.591. The van der Waals surface area contributed by atoms with Gasteiger partial charge in [-0.2, -0.15) is 0 Å². The van der Waals surface area contributed by atoms with Crippen LogP contribution in [0.2, 0.25) is 0 Å². The van der Waals surface area contributed by atoms with E-state index in [1.807, 2.05) is 0 Å². The van der Waals surface area contributed by atoms with Crippen LogP contribution in [-0.4, -0.2) is 40.2 Å². The van der Waals surface area contributed by atoms with Gasteiger partial charge in [0.1, 0.15) is 5.82 Å². The fourth-order valence-corrected chi connectivity index (χ4v) is 1.06. The summed E-state index contributed by atoms with van der Waals surface area (Å²) in [6.45, 7) is 7.18. The molecule has 1 heterocycles. The molecular formula is C9H17N5O. The van der Waals surface area contributed by atoms with Crippen molar-refractivity contribution < 1.29 is 4.79 Å². The number of aryl methyl sites for hydroxylation is 1. The number of H-pyrrole nitrogens is 1. The van der Waals surface area contributed by atoms with Crippen LogP contribution in [0.1, 0.15) is 30.3 Å². The van der Waals surface area contributed by atoms with Crippen LogP contribution in [0.4, 0.5) is 0 Å². The van der Waals surface area contributed by atoms with Crippen LogP contribution in [-0.2, 0) is 0 Å². The highest BCUT2D eigenvalue weighted by atomic mass is 16.2. The van der Waals surface area contributed by atoms with E-state index in [1.54, 1.807) is 6.92 Å². The lowest BCUT2D eigenvalue weighted by atomic mass is 10.4. The van der Waals surface area contributed by atoms with Crippen molar-refractivity contribution in [2.45, 2.75) is 26.8 Å². The minimum Gasteiger partial charge on any atom is -0.348 e. The summed E-state index contributed by atoms with van der Waals surface area (Å²) in [6.07, 6.45) is 0. The summed E-state index contributed by atoms with van der Waals surface area (Å²) < 4.78 is 0. The summed E-state index contributed by atoms with van der Waals surface area (Å²) in [5.41, 5.74) is 0. The van der Waals surface area contributed by atoms with Crippen molar-refractivity contribution in [3.05, 3.63) is 11.6 Å². The van der Waals surface area contributed by atoms with E-state index in [0.717, 1.165) is 6.54 Å². The number of nitrogens with zero attached hydrogens (tertiary/aromatic N) is 2. The molecule has 0 aliphatic carbocycles. The van der Waals surface area contributed by atoms with E-state index in [0.29, 0.717) is 18.4 Å². The Bertz CT molecular complexity index is 320. The van der Waals surface area contributed by atoms with Gasteiger partial charge in [0.05, 0.1) is 0 Å². The van der Waals surface area contributed by atoms with E-state index in [-0.39, 0.29) is 11.7 Å². The molecule has 6 heteroatoms. The summed E-state index contributed by atoms with van der Waals surface area (Å²) in [5, 5.41) is 12.3. The lowest BCUT2D eigenvalue weighted by Crippen LogP contribution is -2.35. The Hall–Kier alpha value is -1.43. The number of aromatic amines is 1. The summed E-state index contributed by atoms with van der Waals surface area (Å²) >= 11 is 0. The van der Waals surface area contributed by atoms with Gasteiger partial charge >= 0.3 is 0 Å². The molecule has 0 aromatic carbocycles. The largest absolute Gasteiger partial charge is 0.348 e. The zero-order chi connectivity index (χ0) is 11.3. The van der Waals surface area contributed by atoms with Gasteiger partial charge in [-0.05, 0) is 6.92 Å². The molecule has 3 N–H and O–H groups in total. The smallest absolute Gasteiger partial charge is 0.291 e. The Morgan fingerprint density at radius 2 is 2.20 bits per heavy atom. The Labute approximate surface area is 88.9 Å². The molecule has 84 valence electrons. The van der Waals surface area contributed by atoms with E-state index in [1.165, 1.54) is 0 Å². The zero-order valence-corrected chi connectivity index (χ0v) is 9.29. The van der Waals surface area contributed by atoms with Gasteiger partial charge in [-0.15, -0.1) is 5.10 Å². The van der Waals surface area contributed by atoms with Gasteiger partial charge in [0.25, 0.3) is 5.91 Å². The molecule has 0 spiro atoms. The van der Waals surface area contributed by atoms with Crippen molar-refractivity contribution in [2.75, 3.05) is 13.1 Å². The fraction of sp³-hybridized carbons (Fsp3) is 0.667. The van der Waals surface area contributed by atoms with Gasteiger partial charge < -0.3 is 10.6 Å². The topological polar surface area (TPSA) is 82.7 Å². The maximum absolute atomic E-state index is 11.4. The molecule has 0 radical (unpaired) electrons. The Kier molecular flexibility index (Phi) is 4.23. The van der Waals surface area contributed by atoms with E-state index >= 15 is 0 Å². The van der Waals surface area contributed by atoms with Crippen LogP contribution < -0.4 is 10.6 Å². The number of hydrogen-bond donors (Lipinski definition) is 3. The highest BCUT2D eigenvalue weighted by Gasteiger charge is 2.09. The van der Waals surface area contributed by atoms with Gasteiger partial charge in [0.15, 0.2) is 0 Å². The highest BCUT2D eigenvalue weighted by Crippen LogP contribution is 1.89. The lowest BCUT2D eigenvalue weighted by Gasteiger charge is -2.07. The van der Waals surface area contributed by atoms with E-state index in [9.17, 15) is 4.79 Å². The van der Waals surface area contributed by atoms with Crippen LogP contribution in [0.15, 0.2) is 0 Å². The summed E-state index contributed by atoms with van der Waals surface area (Å²) in [4.78, 5) is 15.3. The number of aromatic nitrogens is 3. The minimum absolute atomic E-state index is 0.192. The molecule has 1 amide bonds. The lowest BCUT2D eigenvalue weighted by molar-refractivity contribution is 0.0943. The third kappa shape index (κ3) is 4.07. The monoisotopic (exact) mass is 211 g/mol. The van der Waals surface area contributed by atoms with Gasteiger partial charge in [-0.1, -0.05) is 13.8 Å². The molecular weight excluding hydrogens is 194 g/mol. The van der Waals surface area contributed by atoms with Crippen LogP contribution in [0.5, 0.6) is 0 Å². The third-order valence-electron chi connectivity index (χ3n) is 1.76. The molecule has 0 bridgehead atoms. The first kappa shape index (κ1) is 11.6. The van der Waals surface area contributed by atoms with Crippen molar-refractivity contribution >= 4 is 5.91 Å². The number of amides is 1. The highest BCUT2D eigenvalue weighted by molar-refractivity contribution is 5.90. The first-order valence-corrected chi connectivity index (χ1v) is 5.00. The van der Waals surface area contributed by atoms with Crippen molar-refractivity contribution in [3.63, 3.8) is 0 Å². The maximum atomic E-state index is 11.4. The molecule has 0 aliphatic heterocycles. The van der Waals surface area contributed by atoms with Crippen molar-refractivity contribution in [3.8, 4) is 0 Å². The standard InChI is InChI=1S/C9H17N5O/c1-6(2)10-4-5-11-9(15)8-12-7(3)13-14-8/h6,10H,4-5H2,1-3H3,(H,11,15)(H,12,13,14). The predicted molar refractivity (Wildman–Crippen MR) is 56.6 cm³/mol. The predicted octanol–water partition coefficient (Wildman–Crippen LogP) is -0.159. The normalized spacial score (nSPS) is 10.7. The minimum atomic E-state index is -0.245. The number of carbonyl (C=O) groups is 1. The van der Waals surface area contributed by atoms with Crippen LogP contribution in [0, 0.1) is 6.92 Å². The summed E-state index contributed by atoms with van der Waals surface area (Å²) in [5.74, 6) is 0.586. The summed E-state index contributed by atoms with van der Waals surface area (Å²) in [7, 11) is 0. The van der Waals surface area contributed by atoms with E-state index < -0.39 is 0 Å². The van der Waals surface area contributed by atoms with Crippen LogP contribution in [0.3, 0.4) is 0 Å². The van der Waals surface area contributed by atoms with Crippen LogP contribution in [0.25, 0.3) is 0 Å². The van der Waals surface area contributed by atoms with E-state index in [2.05, 4.69) is 39.7 Å². The third-order valence-corrected chi connectivity index (χ3v) is 1.76. The molecule has 1 aromatic rings. The average molecular weight is 211 g/mol. The van der Waals surface area contributed by atoms with E-state index in [4.69, 9.17) is 0 Å². The van der Waals surface area contributed by atoms with Gasteiger partial charge in [-0.3, -0.25) is 9.89 Å². The molecule has 1 aromatic heterocycles. The molecule has 0 saturated heterocycles. The molecule has 0 saturated carbocycles. The maximum Gasteiger partial charge on any atom is 0.291 e. The Balaban J connectivity index is 2.25. The van der Waals surface area contributed by atoms with Gasteiger partial charge in [-0.25, -0.2) is 4.98 Å². The van der Waals surface area contributed by atoms with Crippen molar-refractivity contribution in [1.82, 2.24) is 25.8 Å². The molecule has 0 atom stereocenters. The molecule has 0 fully saturated rings. The first-order valence-electron chi connectivity index (χ1n) is 5.00. The van der Waals surface area contributed by atoms with Gasteiger partial charge in [0.2, 0.25) is 5.82 Å². The van der Waals surface area contributed by atoms with Crippen molar-refractivity contribution in [2.24, 2.45) is 0 Å². The summed E-state index contributed by atoms with van der Waals surface area (Å²) in [6, 6.07) is 0.424. The number of hydrogen-bond acceptors (Lipinski definition) is 4.